The van der Waals surface area contributed by atoms with E-state index in [1.165, 1.54) is 28.2 Å². The van der Waals surface area contributed by atoms with Crippen LogP contribution in [-0.2, 0) is 60.7 Å². The fourth-order valence-electron chi connectivity index (χ4n) is 15.3. The van der Waals surface area contributed by atoms with Gasteiger partial charge in [-0.1, -0.05) is 160 Å². The number of aliphatic hydroxyl groups is 10. The molecular weight excluding hydrogens is 1760 g/mol. The normalized spacial score (nSPS) is 18.8. The van der Waals surface area contributed by atoms with Gasteiger partial charge in [-0.05, 0) is 217 Å². The van der Waals surface area contributed by atoms with Crippen LogP contribution in [0.1, 0.15) is 124 Å². The molecule has 1 aromatic carbocycles. The first-order chi connectivity index (χ1) is 65.7. The molecule has 1 fully saturated rings. The number of aliphatic hydroxyl groups excluding tert-OH is 10. The second kappa shape index (κ2) is 63.2. The Hall–Kier alpha value is -11.5. The van der Waals surface area contributed by atoms with E-state index in [-0.39, 0.29) is 108 Å². The maximum absolute atomic E-state index is 13.1. The second-order valence-corrected chi connectivity index (χ2v) is 34.7. The van der Waals surface area contributed by atoms with E-state index in [0.717, 1.165) is 104 Å². The first kappa shape index (κ1) is 121. The van der Waals surface area contributed by atoms with Crippen molar-refractivity contribution in [2.75, 3.05) is 177 Å². The van der Waals surface area contributed by atoms with Crippen molar-refractivity contribution >= 4 is 29.5 Å². The Kier molecular flexibility index (Phi) is 55.2. The molecule has 0 spiro atoms. The van der Waals surface area contributed by atoms with Crippen LogP contribution in [0.25, 0.3) is 0 Å². The van der Waals surface area contributed by atoms with Gasteiger partial charge in [0.15, 0.2) is 0 Å². The molecule has 1 aromatic rings. The Labute approximate surface area is 820 Å². The maximum atomic E-state index is 13.1. The topological polar surface area (TPSA) is 405 Å². The van der Waals surface area contributed by atoms with E-state index < -0.39 is 18.1 Å². The van der Waals surface area contributed by atoms with Gasteiger partial charge in [-0.25, -0.2) is 0 Å². The summed E-state index contributed by atoms with van der Waals surface area (Å²) >= 11 is 0. The Morgan fingerprint density at radius 2 is 1.20 bits per heavy atom. The molecule has 0 saturated carbocycles. The van der Waals surface area contributed by atoms with Crippen LogP contribution in [0.5, 0.6) is 0 Å². The molecule has 6 heterocycles. The summed E-state index contributed by atoms with van der Waals surface area (Å²) in [4.78, 5) is 74.2. The van der Waals surface area contributed by atoms with Crippen molar-refractivity contribution in [3.05, 3.63) is 307 Å². The molecule has 0 aromatic heterocycles. The van der Waals surface area contributed by atoms with E-state index in [1.54, 1.807) is 80.6 Å². The number of hydrogen-bond acceptors (Lipinski definition) is 25. The van der Waals surface area contributed by atoms with E-state index in [0.29, 0.717) is 138 Å². The Morgan fingerprint density at radius 1 is 0.645 bits per heavy atom. The minimum absolute atomic E-state index is 0.0124. The molecule has 2 aliphatic carbocycles. The average Bonchev–Trinajstić information content (AvgIpc) is 1.46. The number of allylic oxidation sites excluding steroid dienone is 11. The molecular formula is C108H160N10O20. The quantitative estimate of drug-likeness (QED) is 0.0126. The van der Waals surface area contributed by atoms with Crippen LogP contribution in [0.2, 0.25) is 0 Å². The molecule has 9 rings (SSSR count). The van der Waals surface area contributed by atoms with Gasteiger partial charge in [0.05, 0.1) is 108 Å². The van der Waals surface area contributed by atoms with Crippen LogP contribution in [0.3, 0.4) is 0 Å². The monoisotopic (exact) mass is 1920 g/mol. The van der Waals surface area contributed by atoms with Crippen LogP contribution < -0.4 is 21.3 Å². The number of methoxy groups -OCH3 is 4. The molecule has 6 unspecified atom stereocenters. The van der Waals surface area contributed by atoms with E-state index in [4.69, 9.17) is 28.8 Å². The molecule has 14 N–H and O–H groups in total. The summed E-state index contributed by atoms with van der Waals surface area (Å²) in [6.07, 6.45) is 34.4. The number of fused-ring (bicyclic) bond motifs is 1. The van der Waals surface area contributed by atoms with Gasteiger partial charge in [0, 0.05) is 120 Å². The fraction of sp³-hybridized carbons (Fsp3) is 0.472. The van der Waals surface area contributed by atoms with Crippen molar-refractivity contribution in [3.8, 4) is 0 Å². The van der Waals surface area contributed by atoms with Gasteiger partial charge in [0.2, 0.25) is 0 Å². The third kappa shape index (κ3) is 38.0. The third-order valence-corrected chi connectivity index (χ3v) is 23.1. The van der Waals surface area contributed by atoms with Gasteiger partial charge < -0.3 is 125 Å². The summed E-state index contributed by atoms with van der Waals surface area (Å²) in [6.45, 7) is 42.4. The lowest BCUT2D eigenvalue weighted by atomic mass is 9.88. The largest absolute Gasteiger partial charge is 0.508 e. The first-order valence-corrected chi connectivity index (χ1v) is 46.8. The number of nitrogens with zero attached hydrogens (tertiary/aromatic N) is 6. The number of benzene rings is 1. The van der Waals surface area contributed by atoms with E-state index in [2.05, 4.69) is 66.3 Å². The second-order valence-electron chi connectivity index (χ2n) is 34.7. The van der Waals surface area contributed by atoms with Crippen LogP contribution in [0.15, 0.2) is 290 Å². The third-order valence-electron chi connectivity index (χ3n) is 23.1. The molecule has 6 atom stereocenters. The summed E-state index contributed by atoms with van der Waals surface area (Å²) < 4.78 is 26.9. The molecule has 762 valence electrons. The summed E-state index contributed by atoms with van der Waals surface area (Å²) in [7, 11) is 21.2. The van der Waals surface area contributed by atoms with E-state index in [1.807, 2.05) is 182 Å². The number of ether oxygens (including phenoxy) is 5. The van der Waals surface area contributed by atoms with Crippen LogP contribution in [0, 0.1) is 17.8 Å². The lowest BCUT2D eigenvalue weighted by molar-refractivity contribution is -0.128. The molecule has 8 aliphatic rings. The molecule has 30 nitrogen and oxygen atoms in total. The number of carbonyl (C=O) groups excluding carboxylic acids is 5. The van der Waals surface area contributed by atoms with Gasteiger partial charge in [0.1, 0.15) is 40.3 Å². The van der Waals surface area contributed by atoms with Crippen LogP contribution in [-0.4, -0.2) is 311 Å². The Balaban J connectivity index is 0.000000438. The fourth-order valence-corrected chi connectivity index (χ4v) is 15.3. The molecule has 30 heteroatoms. The number of rotatable bonds is 39. The van der Waals surface area contributed by atoms with Crippen LogP contribution in [0.4, 0.5) is 0 Å². The predicted molar refractivity (Wildman–Crippen MR) is 549 cm³/mol. The number of carbonyl (C=O) groups is 5. The summed E-state index contributed by atoms with van der Waals surface area (Å²) in [5.41, 5.74) is 14.1. The minimum atomic E-state index is -0.870. The predicted octanol–water partition coefficient (Wildman–Crippen LogP) is 12.3. The van der Waals surface area contributed by atoms with Crippen molar-refractivity contribution in [2.24, 2.45) is 17.8 Å². The lowest BCUT2D eigenvalue weighted by Crippen LogP contribution is -2.36. The van der Waals surface area contributed by atoms with E-state index >= 15 is 0 Å². The molecule has 138 heavy (non-hydrogen) atoms. The van der Waals surface area contributed by atoms with Gasteiger partial charge >= 0.3 is 0 Å². The van der Waals surface area contributed by atoms with Crippen molar-refractivity contribution in [1.29, 1.82) is 0 Å². The van der Waals surface area contributed by atoms with Gasteiger partial charge in [-0.15, -0.1) is 0 Å². The summed E-state index contributed by atoms with van der Waals surface area (Å²) in [5.74, 6) is 1.27. The zero-order valence-electron chi connectivity index (χ0n) is 85.6. The number of amides is 5. The highest BCUT2D eigenvalue weighted by Gasteiger charge is 2.38. The highest BCUT2D eigenvalue weighted by atomic mass is 16.6. The number of likely N-dealkylation sites (N-methyl/N-ethyl adjacent to an activating group) is 3. The Morgan fingerprint density at radius 3 is 1.69 bits per heavy atom. The molecule has 0 radical (unpaired) electrons. The van der Waals surface area contributed by atoms with Crippen molar-refractivity contribution in [2.45, 2.75) is 144 Å². The van der Waals surface area contributed by atoms with Crippen molar-refractivity contribution < 1.29 is 98.7 Å². The standard InChI is InChI=1S/C23H34N2O4.C22H32N2O4.C21H27NO4.C20H28N2O4.C18H25NO4.2C2H7N/c1-7-17(21(27)14-24(4)5)10-16-8-9-25(13-16)23(28)19-11-18(15(2)3)22(29-6)12-20(19)26;1-14(2)20(15(3)28-5)9-19(12-25)22(27)24-10-17-7-6-16(8-18(17)11-24)21(13-26)23-4;1-5-6-18(24-3)10-19(25-4)14(2)21(23)22-11-16-8-7-15(20-13-26-20)9-17(16)12-22;1-5-7-17(24)11-19(25)14(3)20(26)22-9-8-15(12-22)10-16(6-2)18(13-23)21-4;1-4-7-16(21)10-17(22)14(3)18(23)19-11-13(2)15(12-19)8-5-6-9-20;2*1-3-2/h7-8,10-11,15,20-21,26-27H,1,9,12-14H2,2-6H3;6-9,14,21,23,25-26H,10-13H2,1-5H3;6-8,10,15,20H,2,5,9,11-13H2,1,3-4H3;6-8,10-11,18,21,23-25H,2-3,5,9,12-13H2,1,4H3;5,7-8,10,20-22H,3-4,6,9,11-12H2,1-2H3;2*3H,1-2H3/b17-10+;19-9+,20-15-;18-6-,19-10+;16-10+,17-7-,19-11+;8-5-,16-7-,17-10+;;. The van der Waals surface area contributed by atoms with E-state index in [9.17, 15) is 69.9 Å². The minimum Gasteiger partial charge on any atom is -0.508 e. The molecule has 6 aliphatic heterocycles. The van der Waals surface area contributed by atoms with Crippen molar-refractivity contribution in [3.63, 3.8) is 0 Å². The molecule has 0 bridgehead atoms. The highest BCUT2D eigenvalue weighted by molar-refractivity contribution is 5.99. The Bertz CT molecular complexity index is 4920. The van der Waals surface area contributed by atoms with Gasteiger partial charge in [-0.2, -0.15) is 0 Å². The smallest absolute Gasteiger partial charge is 0.257 e. The zero-order chi connectivity index (χ0) is 104. The SMILES string of the molecule is C=C(C(=O)N1CC(C)=C(/C=C\CCO)C1)/C(O)=C\C(O)=C\CC.C=C(C(=O)N1CC2=C(CC(C3CO3)C=C2)C1)/C(=C\C(=C\CC)OC)OC.C=C/C(=C\C1=CCN(C(=O)C(=C)/C(O)=C\C(O)=C\CC)C1)C(CO)NC.C=C/C(=C\C1=CCN(C(=O)C2=CC(C(C)C)=C(OC)CC2O)C1)C(O)CN(C)C.CNC.CNC.CNC(CO)c1ccc2c(c1)CN(C(=O)/C(=C/C(=C(\C)OC)C(C)C)CO)C2. The lowest BCUT2D eigenvalue weighted by Gasteiger charge is -2.27. The number of epoxide rings is 1. The first-order valence-electron chi connectivity index (χ1n) is 46.8. The van der Waals surface area contributed by atoms with Crippen LogP contribution >= 0.6 is 0 Å². The highest BCUT2D eigenvalue weighted by Crippen LogP contribution is 2.38. The number of hydrogen-bond donors (Lipinski definition) is 14. The average molecular weight is 1920 g/mol. The summed E-state index contributed by atoms with van der Waals surface area (Å²) in [5, 5.41) is 109. The van der Waals surface area contributed by atoms with Gasteiger partial charge in [-0.3, -0.25) is 24.0 Å². The van der Waals surface area contributed by atoms with Crippen molar-refractivity contribution in [1.82, 2.24) is 50.7 Å². The molecule has 1 saturated heterocycles. The number of nitrogens with one attached hydrogen (secondary N) is 4. The van der Waals surface area contributed by atoms with Gasteiger partial charge in [0.25, 0.3) is 29.5 Å². The molecule has 5 amide bonds. The summed E-state index contributed by atoms with van der Waals surface area (Å²) in [6, 6.07) is 5.67. The maximum Gasteiger partial charge on any atom is 0.257 e. The zero-order valence-corrected chi connectivity index (χ0v) is 85.6.